The summed E-state index contributed by atoms with van der Waals surface area (Å²) in [6.45, 7) is 5.35. The van der Waals surface area contributed by atoms with Crippen LogP contribution in [0.25, 0.3) is 0 Å². The summed E-state index contributed by atoms with van der Waals surface area (Å²) in [7, 11) is 0.963. The van der Waals surface area contributed by atoms with Gasteiger partial charge in [-0.1, -0.05) is 37.1 Å². The Bertz CT molecular complexity index is 648. The summed E-state index contributed by atoms with van der Waals surface area (Å²) in [5.74, 6) is 1.52. The van der Waals surface area contributed by atoms with Gasteiger partial charge < -0.3 is 15.4 Å². The molecule has 2 N–H and O–H groups in total. The number of aliphatic imine (C=N–C) groups is 1. The van der Waals surface area contributed by atoms with E-state index in [1.165, 1.54) is 0 Å². The third-order valence-corrected chi connectivity index (χ3v) is 6.86. The fraction of sp³-hybridized carbons (Fsp3) is 0.650. The van der Waals surface area contributed by atoms with E-state index in [4.69, 9.17) is 21.3 Å². The number of hydrogen-bond acceptors (Lipinski definition) is 3. The van der Waals surface area contributed by atoms with Gasteiger partial charge in [0.05, 0.1) is 6.54 Å². The molecule has 1 aliphatic rings. The Hall–Kier alpha value is -0.380. The number of halogens is 2. The van der Waals surface area contributed by atoms with Gasteiger partial charge in [0.1, 0.15) is 6.10 Å². The molecule has 8 heteroatoms. The largest absolute Gasteiger partial charge is 0.375 e. The molecule has 160 valence electrons. The highest BCUT2D eigenvalue weighted by atomic mass is 127. The quantitative estimate of drug-likeness (QED) is 0.293. The van der Waals surface area contributed by atoms with E-state index in [9.17, 15) is 4.21 Å². The summed E-state index contributed by atoms with van der Waals surface area (Å²) in [4.78, 5) is 4.73. The topological polar surface area (TPSA) is 62.7 Å². The summed E-state index contributed by atoms with van der Waals surface area (Å²) in [5.41, 5.74) is 1.01. The second kappa shape index (κ2) is 13.8. The highest BCUT2D eigenvalue weighted by molar-refractivity contribution is 14.0. The molecule has 0 amide bonds. The molecule has 0 saturated heterocycles. The van der Waals surface area contributed by atoms with Crippen LogP contribution in [0.4, 0.5) is 0 Å². The van der Waals surface area contributed by atoms with E-state index in [1.54, 1.807) is 7.11 Å². The van der Waals surface area contributed by atoms with Crippen LogP contribution < -0.4 is 10.6 Å². The van der Waals surface area contributed by atoms with E-state index in [-0.39, 0.29) is 30.1 Å². The van der Waals surface area contributed by atoms with Crippen molar-refractivity contribution < 1.29 is 8.95 Å². The zero-order chi connectivity index (χ0) is 19.6. The van der Waals surface area contributed by atoms with Crippen molar-refractivity contribution in [2.24, 2.45) is 4.99 Å². The Morgan fingerprint density at radius 3 is 2.82 bits per heavy atom. The van der Waals surface area contributed by atoms with Crippen LogP contribution in [0.5, 0.6) is 0 Å². The molecule has 2 rings (SSSR count). The van der Waals surface area contributed by atoms with Crippen molar-refractivity contribution in [3.63, 3.8) is 0 Å². The van der Waals surface area contributed by atoms with E-state index in [2.05, 4.69) is 17.6 Å². The molecule has 0 bridgehead atoms. The first-order valence-electron chi connectivity index (χ1n) is 9.77. The van der Waals surface area contributed by atoms with E-state index >= 15 is 0 Å². The third-order valence-electron chi connectivity index (χ3n) is 4.89. The number of benzene rings is 1. The number of guanidine groups is 1. The lowest BCUT2D eigenvalue weighted by molar-refractivity contribution is 0.111. The van der Waals surface area contributed by atoms with Gasteiger partial charge in [-0.05, 0) is 43.9 Å². The van der Waals surface area contributed by atoms with Crippen LogP contribution in [0.15, 0.2) is 29.3 Å². The van der Waals surface area contributed by atoms with Crippen LogP contribution in [0.3, 0.4) is 0 Å². The minimum Gasteiger partial charge on any atom is -0.375 e. The number of methoxy groups -OCH3 is 1. The van der Waals surface area contributed by atoms with Gasteiger partial charge in [0.15, 0.2) is 5.96 Å². The molecule has 5 nitrogen and oxygen atoms in total. The summed E-state index contributed by atoms with van der Waals surface area (Å²) >= 11 is 6.10. The molecular formula is C20H33ClIN3O2S. The molecule has 28 heavy (non-hydrogen) atoms. The zero-order valence-electron chi connectivity index (χ0n) is 16.9. The average Bonchev–Trinajstić information content (AvgIpc) is 2.68. The van der Waals surface area contributed by atoms with E-state index in [0.29, 0.717) is 22.9 Å². The number of rotatable bonds is 8. The molecule has 4 atom stereocenters. The van der Waals surface area contributed by atoms with Gasteiger partial charge in [-0.15, -0.1) is 24.0 Å². The van der Waals surface area contributed by atoms with E-state index in [0.717, 1.165) is 49.5 Å². The second-order valence-electron chi connectivity index (χ2n) is 6.80. The maximum atomic E-state index is 12.2. The minimum absolute atomic E-state index is 0. The normalized spacial score (nSPS) is 22.1. The Labute approximate surface area is 193 Å². The predicted molar refractivity (Wildman–Crippen MR) is 130 cm³/mol. The minimum atomic E-state index is -0.725. The highest BCUT2D eigenvalue weighted by Gasteiger charge is 2.26. The Kier molecular flexibility index (Phi) is 12.6. The molecule has 0 aliphatic heterocycles. The lowest BCUT2D eigenvalue weighted by Crippen LogP contribution is -2.46. The predicted octanol–water partition coefficient (Wildman–Crippen LogP) is 4.28. The highest BCUT2D eigenvalue weighted by Crippen LogP contribution is 2.23. The number of nitrogens with zero attached hydrogens (tertiary/aromatic N) is 1. The zero-order valence-corrected chi connectivity index (χ0v) is 20.9. The van der Waals surface area contributed by atoms with Crippen molar-refractivity contribution in [1.29, 1.82) is 0 Å². The molecule has 0 spiro atoms. The molecular weight excluding hydrogens is 509 g/mol. The van der Waals surface area contributed by atoms with Crippen molar-refractivity contribution in [2.75, 3.05) is 26.0 Å². The van der Waals surface area contributed by atoms with Gasteiger partial charge in [0.2, 0.25) is 0 Å². The first kappa shape index (κ1) is 25.7. The standard InChI is InChI=1S/C20H32ClN3O2S.HI/c1-4-22-20(24-17-10-7-11-18(13-17)27(25)5-2)23-14-19(26-3)15-8-6-9-16(21)12-15;/h6,8-9,12,17-19H,4-5,7,10-11,13-14H2,1-3H3,(H2,22,23,24);1H. The molecule has 0 radical (unpaired) electrons. The van der Waals surface area contributed by atoms with Gasteiger partial charge in [-0.3, -0.25) is 9.20 Å². The summed E-state index contributed by atoms with van der Waals surface area (Å²) < 4.78 is 17.8. The first-order chi connectivity index (χ1) is 13.1. The summed E-state index contributed by atoms with van der Waals surface area (Å²) in [6.07, 6.45) is 4.05. The third kappa shape index (κ3) is 8.16. The number of nitrogens with one attached hydrogen (secondary N) is 2. The Morgan fingerprint density at radius 1 is 1.39 bits per heavy atom. The molecule has 1 saturated carbocycles. The van der Waals surface area contributed by atoms with E-state index in [1.807, 2.05) is 31.2 Å². The first-order valence-corrected chi connectivity index (χ1v) is 11.5. The van der Waals surface area contributed by atoms with Crippen molar-refractivity contribution in [3.05, 3.63) is 34.9 Å². The van der Waals surface area contributed by atoms with Crippen molar-refractivity contribution >= 4 is 52.3 Å². The lowest BCUT2D eigenvalue weighted by Gasteiger charge is -2.30. The number of hydrogen-bond donors (Lipinski definition) is 2. The summed E-state index contributed by atoms with van der Waals surface area (Å²) in [6, 6.07) is 8.00. The Morgan fingerprint density at radius 2 is 2.18 bits per heavy atom. The van der Waals surface area contributed by atoms with Gasteiger partial charge >= 0.3 is 0 Å². The van der Waals surface area contributed by atoms with Crippen LogP contribution in [0.2, 0.25) is 5.02 Å². The monoisotopic (exact) mass is 541 g/mol. The van der Waals surface area contributed by atoms with Gasteiger partial charge in [-0.2, -0.15) is 0 Å². The molecule has 1 fully saturated rings. The maximum Gasteiger partial charge on any atom is 0.191 e. The molecule has 1 aromatic rings. The van der Waals surface area contributed by atoms with Crippen LogP contribution in [-0.4, -0.2) is 47.4 Å². The van der Waals surface area contributed by atoms with Crippen LogP contribution in [0, 0.1) is 0 Å². The number of ether oxygens (including phenoxy) is 1. The molecule has 0 heterocycles. The second-order valence-corrected chi connectivity index (χ2v) is 9.24. The fourth-order valence-electron chi connectivity index (χ4n) is 3.46. The summed E-state index contributed by atoms with van der Waals surface area (Å²) in [5, 5.41) is 7.83. The Balaban J connectivity index is 0.00000392. The van der Waals surface area contributed by atoms with Gasteiger partial charge in [-0.25, -0.2) is 0 Å². The van der Waals surface area contributed by atoms with Gasteiger partial charge in [0.25, 0.3) is 0 Å². The van der Waals surface area contributed by atoms with E-state index < -0.39 is 10.8 Å². The fourth-order valence-corrected chi connectivity index (χ4v) is 5.01. The smallest absolute Gasteiger partial charge is 0.191 e. The van der Waals surface area contributed by atoms with Crippen molar-refractivity contribution in [2.45, 2.75) is 56.9 Å². The molecule has 0 aromatic heterocycles. The maximum absolute atomic E-state index is 12.2. The SMILES string of the molecule is CCNC(=NCC(OC)c1cccc(Cl)c1)NC1CCCC(S(=O)CC)C1.I. The molecule has 4 unspecified atom stereocenters. The lowest BCUT2D eigenvalue weighted by atomic mass is 9.95. The molecule has 1 aliphatic carbocycles. The van der Waals surface area contributed by atoms with Crippen molar-refractivity contribution in [1.82, 2.24) is 10.6 Å². The van der Waals surface area contributed by atoms with Crippen molar-refractivity contribution in [3.8, 4) is 0 Å². The van der Waals surface area contributed by atoms with Gasteiger partial charge in [0, 0.05) is 46.5 Å². The average molecular weight is 542 g/mol. The van der Waals surface area contributed by atoms with Crippen LogP contribution in [-0.2, 0) is 15.5 Å². The van der Waals surface area contributed by atoms with Crippen LogP contribution >= 0.6 is 35.6 Å². The van der Waals surface area contributed by atoms with Crippen LogP contribution in [0.1, 0.15) is 51.2 Å². The molecule has 1 aromatic carbocycles.